The molecule has 0 saturated heterocycles. The number of hydrogen-bond donors (Lipinski definition) is 4. The van der Waals surface area contributed by atoms with Gasteiger partial charge in [0.15, 0.2) is 11.5 Å². The van der Waals surface area contributed by atoms with E-state index in [1.165, 1.54) is 9.13 Å². The molecular formula is C8H13N7O2. The Morgan fingerprint density at radius 3 is 2.76 bits per heavy atom. The maximum absolute atomic E-state index is 11.9. The molecule has 6 N–H and O–H groups in total. The molecule has 0 atom stereocenters. The second kappa shape index (κ2) is 4.03. The summed E-state index contributed by atoms with van der Waals surface area (Å²) in [6, 6.07) is 0. The molecule has 0 saturated carbocycles. The zero-order valence-electron chi connectivity index (χ0n) is 9.21. The number of hydrazine groups is 1. The number of rotatable bonds is 3. The Labute approximate surface area is 95.7 Å². The molecule has 0 amide bonds. The molecular weight excluding hydrogens is 226 g/mol. The van der Waals surface area contributed by atoms with Crippen LogP contribution in [0.25, 0.3) is 11.2 Å². The van der Waals surface area contributed by atoms with E-state index in [1.807, 2.05) is 0 Å². The molecule has 2 aromatic heterocycles. The number of anilines is 2. The normalized spacial score (nSPS) is 11.0. The van der Waals surface area contributed by atoms with Crippen LogP contribution < -0.4 is 22.7 Å². The van der Waals surface area contributed by atoms with Gasteiger partial charge in [-0.05, 0) is 0 Å². The van der Waals surface area contributed by atoms with Crippen LogP contribution >= 0.6 is 0 Å². The summed E-state index contributed by atoms with van der Waals surface area (Å²) in [6.07, 6.45) is 0. The minimum Gasteiger partial charge on any atom is -0.395 e. The van der Waals surface area contributed by atoms with Gasteiger partial charge in [0.25, 0.3) is 0 Å². The topological polar surface area (TPSA) is 137 Å². The Bertz CT molecular complexity index is 614. The van der Waals surface area contributed by atoms with Gasteiger partial charge in [0.2, 0.25) is 5.95 Å². The zero-order chi connectivity index (χ0) is 12.6. The average Bonchev–Trinajstić information content (AvgIpc) is 2.54. The number of hydrogen-bond acceptors (Lipinski definition) is 7. The minimum atomic E-state index is -0.314. The maximum atomic E-state index is 11.9. The lowest BCUT2D eigenvalue weighted by molar-refractivity contribution is 0.275. The fraction of sp³-hybridized carbons (Fsp3) is 0.375. The van der Waals surface area contributed by atoms with E-state index in [1.54, 1.807) is 7.05 Å². The summed E-state index contributed by atoms with van der Waals surface area (Å²) >= 11 is 0. The molecule has 0 radical (unpaired) electrons. The third-order valence-corrected chi connectivity index (χ3v) is 2.45. The number of nitrogens with one attached hydrogen (secondary N) is 1. The molecule has 92 valence electrons. The van der Waals surface area contributed by atoms with Gasteiger partial charge in [-0.3, -0.25) is 9.13 Å². The van der Waals surface area contributed by atoms with Crippen LogP contribution in [-0.2, 0) is 13.6 Å². The number of aryl methyl sites for hydroxylation is 1. The van der Waals surface area contributed by atoms with Crippen LogP contribution in [0, 0.1) is 0 Å². The zero-order valence-corrected chi connectivity index (χ0v) is 9.21. The van der Waals surface area contributed by atoms with Crippen molar-refractivity contribution >= 4 is 22.9 Å². The van der Waals surface area contributed by atoms with Gasteiger partial charge in [0, 0.05) is 7.05 Å². The molecule has 0 bridgehead atoms. The molecule has 2 rings (SSSR count). The van der Waals surface area contributed by atoms with Crippen molar-refractivity contribution in [1.29, 1.82) is 0 Å². The van der Waals surface area contributed by atoms with Gasteiger partial charge < -0.3 is 16.3 Å². The molecule has 2 heterocycles. The predicted octanol–water partition coefficient (Wildman–Crippen LogP) is -2.01. The SMILES string of the molecule is Cn1c(=O)n(CCO)c2nc(N)nc(NN)c21. The van der Waals surface area contributed by atoms with Crippen molar-refractivity contribution in [2.45, 2.75) is 6.54 Å². The van der Waals surface area contributed by atoms with Crippen molar-refractivity contribution in [3.8, 4) is 0 Å². The monoisotopic (exact) mass is 239 g/mol. The van der Waals surface area contributed by atoms with Crippen molar-refractivity contribution in [1.82, 2.24) is 19.1 Å². The standard InChI is InChI=1S/C8H13N7O2/c1-14-4-5(13-10)11-7(9)12-6(4)15(2-3-16)8(14)17/h16H,2-3,10H2,1H3,(H3,9,11,12,13). The highest BCUT2D eigenvalue weighted by Crippen LogP contribution is 2.18. The van der Waals surface area contributed by atoms with Crippen molar-refractivity contribution < 1.29 is 5.11 Å². The van der Waals surface area contributed by atoms with Gasteiger partial charge in [0.05, 0.1) is 13.2 Å². The van der Waals surface area contributed by atoms with E-state index in [0.29, 0.717) is 11.2 Å². The summed E-state index contributed by atoms with van der Waals surface area (Å²) in [6.45, 7) is -0.0368. The second-order valence-electron chi connectivity index (χ2n) is 3.46. The molecule has 0 aromatic carbocycles. The second-order valence-corrected chi connectivity index (χ2v) is 3.46. The molecule has 0 fully saturated rings. The highest BCUT2D eigenvalue weighted by Gasteiger charge is 2.16. The van der Waals surface area contributed by atoms with Crippen molar-refractivity contribution in [3.63, 3.8) is 0 Å². The quantitative estimate of drug-likeness (QED) is 0.358. The number of aliphatic hydroxyl groups is 1. The van der Waals surface area contributed by atoms with E-state index in [0.717, 1.165) is 0 Å². The molecule has 9 nitrogen and oxygen atoms in total. The Balaban J connectivity index is 2.89. The molecule has 0 aliphatic heterocycles. The minimum absolute atomic E-state index is 0.00254. The van der Waals surface area contributed by atoms with Crippen LogP contribution in [0.15, 0.2) is 4.79 Å². The van der Waals surface area contributed by atoms with Gasteiger partial charge in [-0.15, -0.1) is 0 Å². The van der Waals surface area contributed by atoms with Crippen LogP contribution in [0.1, 0.15) is 0 Å². The summed E-state index contributed by atoms with van der Waals surface area (Å²) in [7, 11) is 1.57. The third-order valence-electron chi connectivity index (χ3n) is 2.45. The maximum Gasteiger partial charge on any atom is 0.330 e. The molecule has 9 heteroatoms. The lowest BCUT2D eigenvalue weighted by atomic mass is 10.5. The van der Waals surface area contributed by atoms with Gasteiger partial charge in [-0.25, -0.2) is 10.6 Å². The molecule has 0 unspecified atom stereocenters. The number of nitrogens with two attached hydrogens (primary N) is 2. The summed E-state index contributed by atoms with van der Waals surface area (Å²) in [4.78, 5) is 19.8. The van der Waals surface area contributed by atoms with Gasteiger partial charge in [0.1, 0.15) is 5.52 Å². The Morgan fingerprint density at radius 1 is 1.47 bits per heavy atom. The Kier molecular flexibility index (Phi) is 2.69. The predicted molar refractivity (Wildman–Crippen MR) is 62.1 cm³/mol. The molecule has 0 aliphatic rings. The summed E-state index contributed by atoms with van der Waals surface area (Å²) < 4.78 is 2.66. The Hall–Kier alpha value is -2.13. The number of fused-ring (bicyclic) bond motifs is 1. The number of imidazole rings is 1. The molecule has 0 aliphatic carbocycles. The van der Waals surface area contributed by atoms with E-state index >= 15 is 0 Å². The van der Waals surface area contributed by atoms with Gasteiger partial charge >= 0.3 is 5.69 Å². The number of aliphatic hydroxyl groups excluding tert-OH is 1. The van der Waals surface area contributed by atoms with Crippen LogP contribution in [0.2, 0.25) is 0 Å². The molecule has 0 spiro atoms. The lowest BCUT2D eigenvalue weighted by Crippen LogP contribution is -2.23. The average molecular weight is 239 g/mol. The summed E-state index contributed by atoms with van der Waals surface area (Å²) in [5.74, 6) is 5.59. The van der Waals surface area contributed by atoms with Crippen LogP contribution in [0.5, 0.6) is 0 Å². The van der Waals surface area contributed by atoms with Crippen molar-refractivity contribution in [3.05, 3.63) is 10.5 Å². The first-order valence-corrected chi connectivity index (χ1v) is 4.90. The van der Waals surface area contributed by atoms with E-state index < -0.39 is 0 Å². The van der Waals surface area contributed by atoms with E-state index in [-0.39, 0.29) is 30.6 Å². The van der Waals surface area contributed by atoms with E-state index in [4.69, 9.17) is 16.7 Å². The fourth-order valence-corrected chi connectivity index (χ4v) is 1.73. The smallest absolute Gasteiger partial charge is 0.330 e. The third kappa shape index (κ3) is 1.61. The lowest BCUT2D eigenvalue weighted by Gasteiger charge is -2.04. The van der Waals surface area contributed by atoms with E-state index in [9.17, 15) is 4.79 Å². The van der Waals surface area contributed by atoms with Crippen LogP contribution in [-0.4, -0.2) is 30.8 Å². The van der Waals surface area contributed by atoms with Crippen molar-refractivity contribution in [2.24, 2.45) is 12.9 Å². The highest BCUT2D eigenvalue weighted by atomic mass is 16.3. The Morgan fingerprint density at radius 2 is 2.18 bits per heavy atom. The van der Waals surface area contributed by atoms with Crippen LogP contribution in [0.4, 0.5) is 11.8 Å². The van der Waals surface area contributed by atoms with Crippen LogP contribution in [0.3, 0.4) is 0 Å². The first kappa shape index (κ1) is 11.4. The summed E-state index contributed by atoms with van der Waals surface area (Å²) in [5, 5.41) is 8.92. The van der Waals surface area contributed by atoms with Crippen molar-refractivity contribution in [2.75, 3.05) is 17.8 Å². The largest absolute Gasteiger partial charge is 0.395 e. The van der Waals surface area contributed by atoms with Gasteiger partial charge in [-0.1, -0.05) is 0 Å². The fourth-order valence-electron chi connectivity index (χ4n) is 1.73. The first-order chi connectivity index (χ1) is 8.10. The van der Waals surface area contributed by atoms with E-state index in [2.05, 4.69) is 15.4 Å². The van der Waals surface area contributed by atoms with Gasteiger partial charge in [-0.2, -0.15) is 9.97 Å². The first-order valence-electron chi connectivity index (χ1n) is 4.90. The summed E-state index contributed by atoms with van der Waals surface area (Å²) in [5.41, 5.74) is 8.36. The molecule has 2 aromatic rings. The molecule has 17 heavy (non-hydrogen) atoms. The number of nitrogen functional groups attached to an aromatic ring is 2. The highest BCUT2D eigenvalue weighted by molar-refractivity contribution is 5.84. The number of nitrogens with zero attached hydrogens (tertiary/aromatic N) is 4. The number of aromatic nitrogens is 4.